The highest BCUT2D eigenvalue weighted by atomic mass is 19.3. The summed E-state index contributed by atoms with van der Waals surface area (Å²) in [6, 6.07) is 16.2. The van der Waals surface area contributed by atoms with Crippen LogP contribution in [-0.2, 0) is 16.1 Å². The second kappa shape index (κ2) is 10.7. The van der Waals surface area contributed by atoms with Crippen LogP contribution in [0.3, 0.4) is 0 Å². The van der Waals surface area contributed by atoms with Gasteiger partial charge < -0.3 is 25.7 Å². The molecule has 8 nitrogen and oxygen atoms in total. The molecule has 0 spiro atoms. The third kappa shape index (κ3) is 5.74. The largest absolute Gasteiger partial charge is 0.481 e. The molecule has 0 unspecified atom stereocenters. The molecule has 1 saturated heterocycles. The van der Waals surface area contributed by atoms with Gasteiger partial charge in [0.2, 0.25) is 11.8 Å². The summed E-state index contributed by atoms with van der Waals surface area (Å²) in [4.78, 5) is 30.9. The lowest BCUT2D eigenvalue weighted by Gasteiger charge is -2.30. The Labute approximate surface area is 214 Å². The van der Waals surface area contributed by atoms with Crippen LogP contribution in [0.4, 0.5) is 20.2 Å². The number of aromatic nitrogens is 1. The van der Waals surface area contributed by atoms with Gasteiger partial charge in [0.05, 0.1) is 19.2 Å². The van der Waals surface area contributed by atoms with Crippen LogP contribution < -0.4 is 20.3 Å². The van der Waals surface area contributed by atoms with Crippen molar-refractivity contribution in [2.24, 2.45) is 0 Å². The molecule has 3 aromatic rings. The maximum Gasteiger partial charge on any atom is 0.321 e. The zero-order valence-corrected chi connectivity index (χ0v) is 20.4. The van der Waals surface area contributed by atoms with Crippen LogP contribution in [0.2, 0.25) is 0 Å². The first-order chi connectivity index (χ1) is 17.7. The number of amides is 2. The first-order valence-electron chi connectivity index (χ1n) is 11.6. The van der Waals surface area contributed by atoms with Gasteiger partial charge in [0.15, 0.2) is 0 Å². The van der Waals surface area contributed by atoms with E-state index in [0.717, 1.165) is 5.56 Å². The first kappa shape index (κ1) is 25.7. The molecule has 37 heavy (non-hydrogen) atoms. The molecule has 10 heteroatoms. The van der Waals surface area contributed by atoms with E-state index in [1.165, 1.54) is 11.1 Å². The number of anilines is 2. The first-order valence-corrected chi connectivity index (χ1v) is 11.6. The summed E-state index contributed by atoms with van der Waals surface area (Å²) >= 11 is 0. The predicted octanol–water partition coefficient (Wildman–Crippen LogP) is 4.56. The van der Waals surface area contributed by atoms with Crippen LogP contribution in [0.15, 0.2) is 66.9 Å². The van der Waals surface area contributed by atoms with E-state index < -0.39 is 23.9 Å². The van der Waals surface area contributed by atoms with Crippen LogP contribution in [0, 0.1) is 5.41 Å². The van der Waals surface area contributed by atoms with Crippen molar-refractivity contribution in [3.8, 4) is 5.88 Å². The molecule has 3 N–H and O–H groups in total. The van der Waals surface area contributed by atoms with E-state index in [-0.39, 0.29) is 13.8 Å². The minimum atomic E-state index is -3.57. The molecule has 2 amide bonds. The Balaban J connectivity index is 0.00000400. The second-order valence-corrected chi connectivity index (χ2v) is 8.77. The Hall–Kier alpha value is -4.34. The molecule has 0 aliphatic carbocycles. The zero-order valence-electron chi connectivity index (χ0n) is 20.4. The third-order valence-electron chi connectivity index (χ3n) is 6.14. The van der Waals surface area contributed by atoms with Gasteiger partial charge >= 0.3 is 5.92 Å². The van der Waals surface area contributed by atoms with Gasteiger partial charge in [-0.15, -0.1) is 0 Å². The Morgan fingerprint density at radius 3 is 2.62 bits per heavy atom. The van der Waals surface area contributed by atoms with Crippen LogP contribution in [0.1, 0.15) is 37.5 Å². The van der Waals surface area contributed by atoms with Gasteiger partial charge in [-0.1, -0.05) is 36.4 Å². The number of halogens is 2. The minimum absolute atomic E-state index is 0. The summed E-state index contributed by atoms with van der Waals surface area (Å²) in [6.07, 6.45) is 2.73. The number of ether oxygens (including phenoxy) is 1. The third-order valence-corrected chi connectivity index (χ3v) is 6.14. The minimum Gasteiger partial charge on any atom is -0.481 e. The van der Waals surface area contributed by atoms with Crippen LogP contribution in [-0.4, -0.2) is 42.1 Å². The van der Waals surface area contributed by atoms with Crippen LogP contribution >= 0.6 is 0 Å². The van der Waals surface area contributed by atoms with Gasteiger partial charge in [-0.05, 0) is 29.3 Å². The average Bonchev–Trinajstić information content (AvgIpc) is 3.22. The summed E-state index contributed by atoms with van der Waals surface area (Å²) in [5.41, 5.74) is 3.31. The molecular weight excluding hydrogens is 480 g/mol. The summed E-state index contributed by atoms with van der Waals surface area (Å²) < 4.78 is 32.4. The van der Waals surface area contributed by atoms with Gasteiger partial charge in [-0.25, -0.2) is 4.98 Å². The van der Waals surface area contributed by atoms with Crippen LogP contribution in [0.25, 0.3) is 0 Å². The topological polar surface area (TPSA) is 107 Å². The Bertz CT molecular complexity index is 1290. The molecule has 2 atom stereocenters. The lowest BCUT2D eigenvalue weighted by Crippen LogP contribution is -2.46. The summed E-state index contributed by atoms with van der Waals surface area (Å²) in [5, 5.41) is 13.5. The highest BCUT2D eigenvalue weighted by molar-refractivity contribution is 6.00. The predicted molar refractivity (Wildman–Crippen MR) is 138 cm³/mol. The fraction of sp³-hybridized carbons (Fsp3) is 0.259. The molecule has 2 heterocycles. The van der Waals surface area contributed by atoms with Crippen molar-refractivity contribution in [2.45, 2.75) is 37.9 Å². The average molecular weight is 510 g/mol. The molecule has 1 fully saturated rings. The van der Waals surface area contributed by atoms with Crippen molar-refractivity contribution in [3.05, 3.63) is 83.6 Å². The number of carbonyl (C=O) groups excluding carboxylic acids is 2. The van der Waals surface area contributed by atoms with Gasteiger partial charge in [0.1, 0.15) is 0 Å². The lowest BCUT2D eigenvalue weighted by atomic mass is 9.99. The van der Waals surface area contributed by atoms with E-state index in [4.69, 9.17) is 10.1 Å². The van der Waals surface area contributed by atoms with E-state index in [2.05, 4.69) is 15.6 Å². The lowest BCUT2D eigenvalue weighted by molar-refractivity contribution is -0.143. The van der Waals surface area contributed by atoms with Crippen molar-refractivity contribution < 1.29 is 24.5 Å². The van der Waals surface area contributed by atoms with Gasteiger partial charge in [0.25, 0.3) is 5.91 Å². The molecule has 1 aliphatic heterocycles. The van der Waals surface area contributed by atoms with Crippen molar-refractivity contribution >= 4 is 29.4 Å². The number of benzene rings is 2. The maximum absolute atomic E-state index is 13.6. The number of pyridine rings is 1. The van der Waals surface area contributed by atoms with Gasteiger partial charge in [-0.2, -0.15) is 8.78 Å². The summed E-state index contributed by atoms with van der Waals surface area (Å²) in [7, 11) is 1.54. The summed E-state index contributed by atoms with van der Waals surface area (Å²) in [5.74, 6) is -4.81. The van der Waals surface area contributed by atoms with Gasteiger partial charge in [-0.3, -0.25) is 9.59 Å². The molecule has 0 radical (unpaired) electrons. The highest BCUT2D eigenvalue weighted by Crippen LogP contribution is 2.39. The molecule has 0 saturated carbocycles. The summed E-state index contributed by atoms with van der Waals surface area (Å²) in [6.45, 7) is 0.976. The fourth-order valence-corrected chi connectivity index (χ4v) is 4.31. The fourth-order valence-electron chi connectivity index (χ4n) is 4.31. The molecule has 194 valence electrons. The van der Waals surface area contributed by atoms with E-state index in [1.54, 1.807) is 61.8 Å². The monoisotopic (exact) mass is 509 g/mol. The Kier molecular flexibility index (Phi) is 7.47. The second-order valence-electron chi connectivity index (χ2n) is 8.77. The van der Waals surface area contributed by atoms with E-state index in [9.17, 15) is 18.4 Å². The molecule has 1 aromatic heterocycles. The molecule has 2 aromatic carbocycles. The molecule has 0 bridgehead atoms. The quantitative estimate of drug-likeness (QED) is 0.367. The smallest absolute Gasteiger partial charge is 0.321 e. The Morgan fingerprint density at radius 2 is 2.00 bits per heavy atom. The Morgan fingerprint density at radius 1 is 1.24 bits per heavy atom. The molecule has 4 rings (SSSR count). The number of hydrogen-bond donors (Lipinski definition) is 3. The highest BCUT2D eigenvalue weighted by Gasteiger charge is 2.45. The molecule has 1 aliphatic rings. The maximum atomic E-state index is 13.6. The number of alkyl halides is 2. The number of rotatable bonds is 9. The number of methoxy groups -OCH3 is 1. The van der Waals surface area contributed by atoms with E-state index >= 15 is 0 Å². The van der Waals surface area contributed by atoms with Crippen molar-refractivity contribution in [2.75, 3.05) is 17.3 Å². The SMILES string of the molecule is COc1ccc(CNc2ccc(N3C(=O)C[C@H](NC(=O)C(C)(F)F)[C@H]3c3ccccc3)cc2C=N)cn1.[HH]. The molecular formula is C27H29F2N5O3. The van der Waals surface area contributed by atoms with E-state index in [1.807, 2.05) is 12.1 Å². The van der Waals surface area contributed by atoms with E-state index in [0.29, 0.717) is 41.9 Å². The van der Waals surface area contributed by atoms with Crippen molar-refractivity contribution in [1.82, 2.24) is 10.3 Å². The standard InChI is InChI=1S/C27H27F2N5O3.H2/c1-27(28,29)26(36)33-22-13-24(35)34(25(22)18-6-4-3-5-7-18)20-9-10-21(19(12-20)14-30)31-15-17-8-11-23(37-2)32-16-17;/h3-12,14,16,22,25,30-31H,13,15H2,1-2H3,(H,33,36);1H/t22-,25+;/m0./s1. The number of nitrogens with zero attached hydrogens (tertiary/aromatic N) is 2. The zero-order chi connectivity index (χ0) is 26.6. The number of carbonyl (C=O) groups is 2. The van der Waals surface area contributed by atoms with Crippen molar-refractivity contribution in [3.63, 3.8) is 0 Å². The van der Waals surface area contributed by atoms with Crippen LogP contribution in [0.5, 0.6) is 5.88 Å². The van der Waals surface area contributed by atoms with Crippen molar-refractivity contribution in [1.29, 1.82) is 5.41 Å². The normalized spacial score (nSPS) is 17.4. The van der Waals surface area contributed by atoms with Gasteiger partial charge in [0, 0.05) is 56.7 Å². The number of nitrogens with one attached hydrogen (secondary N) is 3. The number of hydrogen-bond acceptors (Lipinski definition) is 6.